The van der Waals surface area contributed by atoms with E-state index in [1.165, 1.54) is 0 Å². The van der Waals surface area contributed by atoms with Gasteiger partial charge in [0, 0.05) is 36.6 Å². The first-order valence-corrected chi connectivity index (χ1v) is 13.6. The minimum atomic E-state index is -3.48. The Kier molecular flexibility index (Phi) is 5.30. The summed E-state index contributed by atoms with van der Waals surface area (Å²) in [6, 6.07) is 15.2. The van der Waals surface area contributed by atoms with E-state index in [0.29, 0.717) is 30.2 Å². The summed E-state index contributed by atoms with van der Waals surface area (Å²) in [5.74, 6) is -0.0936. The molecule has 7 nitrogen and oxygen atoms in total. The molecule has 3 aromatic rings. The van der Waals surface area contributed by atoms with Gasteiger partial charge in [0.1, 0.15) is 0 Å². The summed E-state index contributed by atoms with van der Waals surface area (Å²) in [5, 5.41) is 4.78. The van der Waals surface area contributed by atoms with Crippen LogP contribution in [0, 0.1) is 0 Å². The number of hydrogen-bond acceptors (Lipinski definition) is 4. The van der Waals surface area contributed by atoms with Gasteiger partial charge in [-0.15, -0.1) is 0 Å². The van der Waals surface area contributed by atoms with Crippen LogP contribution in [0.25, 0.3) is 5.69 Å². The van der Waals surface area contributed by atoms with E-state index in [2.05, 4.69) is 0 Å². The average molecular weight is 477 g/mol. The SMILES string of the molecule is O=C(c1nn(-c2ccccc2)c2c1CCC2)N1CCCc2cc(S(=O)(=O)N3CCCC3)ccc21. The van der Waals surface area contributed by atoms with Gasteiger partial charge in [-0.3, -0.25) is 4.79 Å². The van der Waals surface area contributed by atoms with Crippen LogP contribution >= 0.6 is 0 Å². The van der Waals surface area contributed by atoms with Crippen molar-refractivity contribution >= 4 is 21.6 Å². The van der Waals surface area contributed by atoms with Gasteiger partial charge in [0.15, 0.2) is 5.69 Å². The highest BCUT2D eigenvalue weighted by Gasteiger charge is 2.33. The highest BCUT2D eigenvalue weighted by Crippen LogP contribution is 2.34. The van der Waals surface area contributed by atoms with E-state index in [9.17, 15) is 13.2 Å². The summed E-state index contributed by atoms with van der Waals surface area (Å²) < 4.78 is 29.6. The zero-order valence-corrected chi connectivity index (χ0v) is 19.9. The Morgan fingerprint density at radius 3 is 2.44 bits per heavy atom. The molecule has 3 heterocycles. The molecule has 8 heteroatoms. The first-order valence-electron chi connectivity index (χ1n) is 12.2. The van der Waals surface area contributed by atoms with E-state index in [4.69, 9.17) is 5.10 Å². The van der Waals surface area contributed by atoms with Crippen molar-refractivity contribution in [3.8, 4) is 5.69 Å². The van der Waals surface area contributed by atoms with Gasteiger partial charge in [0.05, 0.1) is 10.6 Å². The normalized spacial score (nSPS) is 18.2. The van der Waals surface area contributed by atoms with Gasteiger partial charge in [-0.05, 0) is 80.8 Å². The second-order valence-electron chi connectivity index (χ2n) is 9.34. The number of aromatic nitrogens is 2. The third-order valence-corrected chi connectivity index (χ3v) is 9.15. The van der Waals surface area contributed by atoms with E-state index in [1.54, 1.807) is 21.3 Å². The Morgan fingerprint density at radius 2 is 1.65 bits per heavy atom. The lowest BCUT2D eigenvalue weighted by Gasteiger charge is -2.30. The molecule has 0 N–H and O–H groups in total. The molecule has 0 spiro atoms. The lowest BCUT2D eigenvalue weighted by Crippen LogP contribution is -2.36. The molecule has 34 heavy (non-hydrogen) atoms. The van der Waals surface area contributed by atoms with Gasteiger partial charge in [-0.1, -0.05) is 18.2 Å². The van der Waals surface area contributed by atoms with E-state index >= 15 is 0 Å². The molecule has 0 unspecified atom stereocenters. The van der Waals surface area contributed by atoms with E-state index in [1.807, 2.05) is 41.1 Å². The first-order chi connectivity index (χ1) is 16.5. The third-order valence-electron chi connectivity index (χ3n) is 7.25. The summed E-state index contributed by atoms with van der Waals surface area (Å²) in [6.45, 7) is 1.77. The highest BCUT2D eigenvalue weighted by atomic mass is 32.2. The second-order valence-corrected chi connectivity index (χ2v) is 11.3. The maximum atomic E-state index is 13.8. The second kappa shape index (κ2) is 8.36. The van der Waals surface area contributed by atoms with Gasteiger partial charge in [0.25, 0.3) is 5.91 Å². The van der Waals surface area contributed by atoms with Crippen molar-refractivity contribution in [1.29, 1.82) is 0 Å². The zero-order chi connectivity index (χ0) is 23.3. The van der Waals surface area contributed by atoms with Crippen LogP contribution in [0.15, 0.2) is 53.4 Å². The Hall–Kier alpha value is -2.97. The molecule has 1 aliphatic carbocycles. The number of para-hydroxylation sites is 1. The van der Waals surface area contributed by atoms with E-state index in [-0.39, 0.29) is 5.91 Å². The van der Waals surface area contributed by atoms with Gasteiger partial charge in [0.2, 0.25) is 10.0 Å². The summed E-state index contributed by atoms with van der Waals surface area (Å²) in [4.78, 5) is 15.9. The number of sulfonamides is 1. The molecule has 1 aromatic heterocycles. The van der Waals surface area contributed by atoms with Crippen molar-refractivity contribution in [3.05, 3.63) is 71.0 Å². The molecule has 1 saturated heterocycles. The van der Waals surface area contributed by atoms with Crippen LogP contribution < -0.4 is 4.90 Å². The predicted molar refractivity (Wildman–Crippen MR) is 130 cm³/mol. The van der Waals surface area contributed by atoms with Gasteiger partial charge in [-0.25, -0.2) is 13.1 Å². The Labute approximate surface area is 200 Å². The van der Waals surface area contributed by atoms with Crippen molar-refractivity contribution in [2.24, 2.45) is 0 Å². The lowest BCUT2D eigenvalue weighted by atomic mass is 10.0. The van der Waals surface area contributed by atoms with Crippen LogP contribution in [0.2, 0.25) is 0 Å². The number of hydrogen-bond donors (Lipinski definition) is 0. The molecule has 1 fully saturated rings. The zero-order valence-electron chi connectivity index (χ0n) is 19.1. The summed E-state index contributed by atoms with van der Waals surface area (Å²) in [5.41, 5.74) is 5.39. The van der Waals surface area contributed by atoms with Crippen LogP contribution in [-0.4, -0.2) is 48.0 Å². The van der Waals surface area contributed by atoms with Crippen molar-refractivity contribution in [2.75, 3.05) is 24.5 Å². The third kappa shape index (κ3) is 3.47. The number of carbonyl (C=O) groups is 1. The molecule has 0 radical (unpaired) electrons. The van der Waals surface area contributed by atoms with Gasteiger partial charge in [-0.2, -0.15) is 9.40 Å². The number of amides is 1. The maximum absolute atomic E-state index is 13.8. The van der Waals surface area contributed by atoms with Crippen molar-refractivity contribution in [3.63, 3.8) is 0 Å². The van der Waals surface area contributed by atoms with Crippen LogP contribution in [0.3, 0.4) is 0 Å². The van der Waals surface area contributed by atoms with Crippen LogP contribution in [0.4, 0.5) is 5.69 Å². The molecule has 0 bridgehead atoms. The topological polar surface area (TPSA) is 75.5 Å². The summed E-state index contributed by atoms with van der Waals surface area (Å²) >= 11 is 0. The van der Waals surface area contributed by atoms with E-state index < -0.39 is 10.0 Å². The molecule has 0 atom stereocenters. The quantitative estimate of drug-likeness (QED) is 0.575. The smallest absolute Gasteiger partial charge is 0.279 e. The molecular formula is C26H28N4O3S. The fourth-order valence-electron chi connectivity index (χ4n) is 5.54. The standard InChI is InChI=1S/C26H28N4O3S/c31-26(25-22-11-6-12-24(22)30(27-25)20-9-2-1-3-10-20)29-17-7-8-19-18-21(13-14-23(19)29)34(32,33)28-15-4-5-16-28/h1-3,9-10,13-14,18H,4-8,11-12,15-17H2. The largest absolute Gasteiger partial charge is 0.307 e. The lowest BCUT2D eigenvalue weighted by molar-refractivity contribution is 0.0979. The first kappa shape index (κ1) is 21.6. The molecule has 3 aliphatic rings. The predicted octanol–water partition coefficient (Wildman–Crippen LogP) is 3.74. The Bertz CT molecular complexity index is 1360. The fraction of sp³-hybridized carbons (Fsp3) is 0.385. The molecular weight excluding hydrogens is 448 g/mol. The van der Waals surface area contributed by atoms with Crippen LogP contribution in [0.5, 0.6) is 0 Å². The summed E-state index contributed by atoms with van der Waals surface area (Å²) in [7, 11) is -3.48. The number of rotatable bonds is 4. The Morgan fingerprint density at radius 1 is 0.853 bits per heavy atom. The highest BCUT2D eigenvalue weighted by molar-refractivity contribution is 7.89. The van der Waals surface area contributed by atoms with Gasteiger partial charge >= 0.3 is 0 Å². The number of fused-ring (bicyclic) bond motifs is 2. The molecule has 2 aliphatic heterocycles. The molecule has 0 saturated carbocycles. The number of benzene rings is 2. The summed E-state index contributed by atoms with van der Waals surface area (Å²) in [6.07, 6.45) is 6.18. The maximum Gasteiger partial charge on any atom is 0.279 e. The minimum Gasteiger partial charge on any atom is -0.307 e. The Balaban J connectivity index is 1.35. The number of nitrogens with zero attached hydrogens (tertiary/aromatic N) is 4. The van der Waals surface area contributed by atoms with Crippen LogP contribution in [0.1, 0.15) is 53.0 Å². The average Bonchev–Trinajstić information content (AvgIpc) is 3.62. The number of carbonyl (C=O) groups excluding carboxylic acids is 1. The minimum absolute atomic E-state index is 0.0936. The molecule has 1 amide bonds. The van der Waals surface area contributed by atoms with Crippen LogP contribution in [-0.2, 0) is 29.3 Å². The van der Waals surface area contributed by atoms with Gasteiger partial charge < -0.3 is 4.90 Å². The van der Waals surface area contributed by atoms with Crippen molar-refractivity contribution in [2.45, 2.75) is 49.8 Å². The molecule has 2 aromatic carbocycles. The monoisotopic (exact) mass is 476 g/mol. The number of aryl methyl sites for hydroxylation is 1. The molecule has 6 rings (SSSR count). The van der Waals surface area contributed by atoms with Crippen molar-refractivity contribution in [1.82, 2.24) is 14.1 Å². The number of anilines is 1. The van der Waals surface area contributed by atoms with Crippen molar-refractivity contribution < 1.29 is 13.2 Å². The molecule has 176 valence electrons. The van der Waals surface area contributed by atoms with E-state index in [0.717, 1.165) is 73.1 Å². The fourth-order valence-corrected chi connectivity index (χ4v) is 7.11.